The van der Waals surface area contributed by atoms with Gasteiger partial charge in [0.05, 0.1) is 10.2 Å². The highest BCUT2D eigenvalue weighted by molar-refractivity contribution is 8.00. The van der Waals surface area contributed by atoms with Gasteiger partial charge in [-0.05, 0) is 25.1 Å². The van der Waals surface area contributed by atoms with Crippen molar-refractivity contribution < 1.29 is 14.1 Å². The zero-order chi connectivity index (χ0) is 17.1. The van der Waals surface area contributed by atoms with Gasteiger partial charge in [-0.15, -0.1) is 0 Å². The highest BCUT2D eigenvalue weighted by atomic mass is 32.2. The molecule has 3 rings (SSSR count). The molecule has 0 saturated heterocycles. The summed E-state index contributed by atoms with van der Waals surface area (Å²) in [7, 11) is 0. The smallest absolute Gasteiger partial charge is 0.292 e. The molecule has 3 aromatic rings. The summed E-state index contributed by atoms with van der Waals surface area (Å²) >= 11 is 1.15. The number of oxazole rings is 1. The SMILES string of the molecule is C[C@@H](Sc1nc2ccccc2o1)C(=O)Nc1ccccc1[N+](=O)[O-]. The zero-order valence-corrected chi connectivity index (χ0v) is 13.4. The first kappa shape index (κ1) is 16.0. The van der Waals surface area contributed by atoms with Gasteiger partial charge in [-0.25, -0.2) is 4.98 Å². The number of benzene rings is 2. The molecule has 7 nitrogen and oxygen atoms in total. The number of aromatic nitrogens is 1. The third kappa shape index (κ3) is 3.38. The lowest BCUT2D eigenvalue weighted by molar-refractivity contribution is -0.383. The molecule has 2 aromatic carbocycles. The maximum Gasteiger partial charge on any atom is 0.292 e. The molecule has 0 aliphatic rings. The maximum absolute atomic E-state index is 12.3. The van der Waals surface area contributed by atoms with Crippen molar-refractivity contribution in [1.82, 2.24) is 4.98 Å². The van der Waals surface area contributed by atoms with E-state index in [0.29, 0.717) is 16.3 Å². The summed E-state index contributed by atoms with van der Waals surface area (Å²) in [6.07, 6.45) is 0. The summed E-state index contributed by atoms with van der Waals surface area (Å²) in [6.45, 7) is 1.68. The number of hydrogen-bond acceptors (Lipinski definition) is 6. The quantitative estimate of drug-likeness (QED) is 0.429. The average molecular weight is 343 g/mol. The van der Waals surface area contributed by atoms with Crippen molar-refractivity contribution in [2.24, 2.45) is 0 Å². The summed E-state index contributed by atoms with van der Waals surface area (Å²) < 4.78 is 5.56. The van der Waals surface area contributed by atoms with Crippen molar-refractivity contribution in [3.63, 3.8) is 0 Å². The Morgan fingerprint density at radius 1 is 1.25 bits per heavy atom. The molecule has 1 amide bonds. The number of anilines is 1. The number of nitro benzene ring substituents is 1. The van der Waals surface area contributed by atoms with Crippen LogP contribution < -0.4 is 5.32 Å². The number of rotatable bonds is 5. The van der Waals surface area contributed by atoms with E-state index in [-0.39, 0.29) is 17.3 Å². The Kier molecular flexibility index (Phi) is 4.48. The summed E-state index contributed by atoms with van der Waals surface area (Å²) in [6, 6.07) is 13.3. The van der Waals surface area contributed by atoms with Gasteiger partial charge in [0.15, 0.2) is 5.58 Å². The van der Waals surface area contributed by atoms with Crippen molar-refractivity contribution in [2.45, 2.75) is 17.4 Å². The Morgan fingerprint density at radius 3 is 2.71 bits per heavy atom. The van der Waals surface area contributed by atoms with Crippen LogP contribution in [0.25, 0.3) is 11.1 Å². The summed E-state index contributed by atoms with van der Waals surface area (Å²) in [5.74, 6) is -0.364. The van der Waals surface area contributed by atoms with Crippen LogP contribution in [0.4, 0.5) is 11.4 Å². The van der Waals surface area contributed by atoms with Crippen LogP contribution >= 0.6 is 11.8 Å². The molecule has 8 heteroatoms. The third-order valence-electron chi connectivity index (χ3n) is 3.28. The van der Waals surface area contributed by atoms with Gasteiger partial charge in [0.25, 0.3) is 10.9 Å². The molecule has 0 unspecified atom stereocenters. The summed E-state index contributed by atoms with van der Waals surface area (Å²) in [5, 5.41) is 13.4. The third-order valence-corrected chi connectivity index (χ3v) is 4.22. The number of nitrogens with zero attached hydrogens (tertiary/aromatic N) is 2. The number of carbonyl (C=O) groups excluding carboxylic acids is 1. The molecule has 0 bridgehead atoms. The summed E-state index contributed by atoms with van der Waals surface area (Å²) in [4.78, 5) is 27.0. The molecule has 1 heterocycles. The second-order valence-electron chi connectivity index (χ2n) is 4.97. The van der Waals surface area contributed by atoms with Crippen molar-refractivity contribution in [1.29, 1.82) is 0 Å². The molecule has 1 atom stereocenters. The normalized spacial score (nSPS) is 12.0. The van der Waals surface area contributed by atoms with Crippen LogP contribution in [0.3, 0.4) is 0 Å². The average Bonchev–Trinajstić information content (AvgIpc) is 2.97. The predicted molar refractivity (Wildman–Crippen MR) is 91.1 cm³/mol. The lowest BCUT2D eigenvalue weighted by Crippen LogP contribution is -2.22. The maximum atomic E-state index is 12.3. The minimum Gasteiger partial charge on any atom is -0.431 e. The van der Waals surface area contributed by atoms with E-state index in [1.165, 1.54) is 12.1 Å². The van der Waals surface area contributed by atoms with Crippen LogP contribution in [0, 0.1) is 10.1 Å². The molecule has 0 radical (unpaired) electrons. The van der Waals surface area contributed by atoms with E-state index >= 15 is 0 Å². The van der Waals surface area contributed by atoms with E-state index in [1.807, 2.05) is 18.2 Å². The molecule has 122 valence electrons. The van der Waals surface area contributed by atoms with Crippen LogP contribution in [0.5, 0.6) is 0 Å². The number of hydrogen-bond donors (Lipinski definition) is 1. The fourth-order valence-corrected chi connectivity index (χ4v) is 2.84. The van der Waals surface area contributed by atoms with Crippen molar-refractivity contribution in [3.8, 4) is 0 Å². The van der Waals surface area contributed by atoms with Gasteiger partial charge in [-0.2, -0.15) is 0 Å². The van der Waals surface area contributed by atoms with Gasteiger partial charge < -0.3 is 9.73 Å². The fraction of sp³-hybridized carbons (Fsp3) is 0.125. The molecular formula is C16H13N3O4S. The van der Waals surface area contributed by atoms with Gasteiger partial charge in [0.1, 0.15) is 11.2 Å². The molecule has 0 aliphatic heterocycles. The second-order valence-corrected chi connectivity index (χ2v) is 6.26. The molecule has 0 spiro atoms. The number of amides is 1. The van der Waals surface area contributed by atoms with Crippen molar-refractivity contribution >= 4 is 40.1 Å². The number of nitrogens with one attached hydrogen (secondary N) is 1. The Hall–Kier alpha value is -2.87. The Morgan fingerprint density at radius 2 is 1.96 bits per heavy atom. The van der Waals surface area contributed by atoms with E-state index in [2.05, 4.69) is 10.3 Å². The van der Waals surface area contributed by atoms with Crippen LogP contribution in [0.15, 0.2) is 58.2 Å². The molecule has 24 heavy (non-hydrogen) atoms. The lowest BCUT2D eigenvalue weighted by atomic mass is 10.2. The molecular weight excluding hydrogens is 330 g/mol. The molecule has 0 aliphatic carbocycles. The standard InChI is InChI=1S/C16H13N3O4S/c1-10(24-16-18-12-7-3-5-9-14(12)23-16)15(20)17-11-6-2-4-8-13(11)19(21)22/h2-10H,1H3,(H,17,20)/t10-/m1/s1. The molecule has 0 saturated carbocycles. The Bertz CT molecular complexity index is 876. The van der Waals surface area contributed by atoms with E-state index in [9.17, 15) is 14.9 Å². The first-order valence-electron chi connectivity index (χ1n) is 7.11. The first-order valence-corrected chi connectivity index (χ1v) is 7.99. The van der Waals surface area contributed by atoms with Gasteiger partial charge in [0.2, 0.25) is 5.91 Å². The van der Waals surface area contributed by atoms with Crippen LogP contribution in [-0.4, -0.2) is 21.1 Å². The Balaban J connectivity index is 1.72. The minimum atomic E-state index is -0.534. The molecule has 1 N–H and O–H groups in total. The second kappa shape index (κ2) is 6.71. The van der Waals surface area contributed by atoms with Crippen molar-refractivity contribution in [2.75, 3.05) is 5.32 Å². The van der Waals surface area contributed by atoms with Gasteiger partial charge in [-0.1, -0.05) is 36.0 Å². The van der Waals surface area contributed by atoms with Crippen molar-refractivity contribution in [3.05, 3.63) is 58.6 Å². The minimum absolute atomic E-state index is 0.148. The van der Waals surface area contributed by atoms with E-state index < -0.39 is 10.2 Å². The largest absolute Gasteiger partial charge is 0.431 e. The number of para-hydroxylation sites is 4. The number of thioether (sulfide) groups is 1. The van der Waals surface area contributed by atoms with Gasteiger partial charge in [-0.3, -0.25) is 14.9 Å². The topological polar surface area (TPSA) is 98.3 Å². The zero-order valence-electron chi connectivity index (χ0n) is 12.6. The number of carbonyl (C=O) groups is 1. The summed E-state index contributed by atoms with van der Waals surface area (Å²) in [5.41, 5.74) is 1.38. The van der Waals surface area contributed by atoms with E-state index in [4.69, 9.17) is 4.42 Å². The highest BCUT2D eigenvalue weighted by Crippen LogP contribution is 2.28. The van der Waals surface area contributed by atoms with Gasteiger partial charge in [0, 0.05) is 6.07 Å². The lowest BCUT2D eigenvalue weighted by Gasteiger charge is -2.10. The van der Waals surface area contributed by atoms with Crippen LogP contribution in [0.1, 0.15) is 6.92 Å². The van der Waals surface area contributed by atoms with Crippen LogP contribution in [-0.2, 0) is 4.79 Å². The first-order chi connectivity index (χ1) is 11.5. The fourth-order valence-electron chi connectivity index (χ4n) is 2.08. The van der Waals surface area contributed by atoms with Crippen LogP contribution in [0.2, 0.25) is 0 Å². The number of fused-ring (bicyclic) bond motifs is 1. The van der Waals surface area contributed by atoms with E-state index in [1.54, 1.807) is 25.1 Å². The monoisotopic (exact) mass is 343 g/mol. The number of nitro groups is 1. The van der Waals surface area contributed by atoms with E-state index in [0.717, 1.165) is 11.8 Å². The molecule has 0 fully saturated rings. The molecule has 1 aromatic heterocycles. The Labute approximate surface area is 141 Å². The van der Waals surface area contributed by atoms with Gasteiger partial charge >= 0.3 is 0 Å². The predicted octanol–water partition coefficient (Wildman–Crippen LogP) is 3.86. The highest BCUT2D eigenvalue weighted by Gasteiger charge is 2.21.